The highest BCUT2D eigenvalue weighted by molar-refractivity contribution is 5.94. The maximum absolute atomic E-state index is 13.1. The molecule has 0 saturated heterocycles. The molecule has 4 nitrogen and oxygen atoms in total. The molecular formula is C11H15FN2O2. The van der Waals surface area contributed by atoms with Gasteiger partial charge in [-0.25, -0.2) is 4.98 Å². The summed E-state index contributed by atoms with van der Waals surface area (Å²) in [6, 6.07) is 2.83. The largest absolute Gasteiger partial charge is 0.388 e. The van der Waals surface area contributed by atoms with Crippen molar-refractivity contribution in [2.75, 3.05) is 6.54 Å². The summed E-state index contributed by atoms with van der Waals surface area (Å²) in [5, 5.41) is 12.1. The van der Waals surface area contributed by atoms with E-state index in [1.54, 1.807) is 13.8 Å². The van der Waals surface area contributed by atoms with Crippen LogP contribution in [0.5, 0.6) is 0 Å². The quantitative estimate of drug-likeness (QED) is 0.756. The molecule has 1 amide bonds. The first-order chi connectivity index (χ1) is 7.46. The van der Waals surface area contributed by atoms with Gasteiger partial charge in [0, 0.05) is 12.7 Å². The molecule has 0 saturated carbocycles. The van der Waals surface area contributed by atoms with E-state index in [9.17, 15) is 14.3 Å². The number of aliphatic hydroxyl groups is 1. The third-order valence-corrected chi connectivity index (χ3v) is 2.40. The minimum atomic E-state index is -0.978. The number of carbonyl (C=O) groups excluding carboxylic acids is 1. The van der Waals surface area contributed by atoms with E-state index in [4.69, 9.17) is 0 Å². The Morgan fingerprint density at radius 3 is 2.94 bits per heavy atom. The molecular weight excluding hydrogens is 211 g/mol. The molecule has 1 rings (SSSR count). The van der Waals surface area contributed by atoms with E-state index >= 15 is 0 Å². The second-order valence-corrected chi connectivity index (χ2v) is 3.87. The van der Waals surface area contributed by atoms with Gasteiger partial charge in [0.1, 0.15) is 0 Å². The van der Waals surface area contributed by atoms with Gasteiger partial charge in [0.2, 0.25) is 5.95 Å². The lowest BCUT2D eigenvalue weighted by atomic mass is 10.0. The van der Waals surface area contributed by atoms with Crippen LogP contribution < -0.4 is 5.32 Å². The fourth-order valence-corrected chi connectivity index (χ4v) is 1.05. The maximum atomic E-state index is 13.1. The van der Waals surface area contributed by atoms with Crippen LogP contribution in [-0.4, -0.2) is 28.1 Å². The molecule has 5 heteroatoms. The number of halogens is 1. The van der Waals surface area contributed by atoms with Crippen LogP contribution in [-0.2, 0) is 0 Å². The van der Waals surface area contributed by atoms with Crippen LogP contribution in [0.4, 0.5) is 4.39 Å². The normalized spacial score (nSPS) is 14.2. The Balaban J connectivity index is 2.64. The number of hydrogen-bond acceptors (Lipinski definition) is 3. The summed E-state index contributed by atoms with van der Waals surface area (Å²) in [5.41, 5.74) is -1.09. The van der Waals surface area contributed by atoms with Crippen LogP contribution in [0.3, 0.4) is 0 Å². The van der Waals surface area contributed by atoms with Crippen molar-refractivity contribution in [2.24, 2.45) is 0 Å². The zero-order valence-electron chi connectivity index (χ0n) is 9.33. The van der Waals surface area contributed by atoms with Crippen molar-refractivity contribution in [3.8, 4) is 0 Å². The monoisotopic (exact) mass is 226 g/mol. The molecule has 0 bridgehead atoms. The van der Waals surface area contributed by atoms with E-state index in [1.165, 1.54) is 18.3 Å². The number of carbonyl (C=O) groups is 1. The van der Waals surface area contributed by atoms with Crippen molar-refractivity contribution in [3.05, 3.63) is 29.8 Å². The molecule has 0 aromatic carbocycles. The van der Waals surface area contributed by atoms with Gasteiger partial charge in [-0.05, 0) is 25.5 Å². The molecule has 0 radical (unpaired) electrons. The molecule has 1 aromatic heterocycles. The number of aromatic nitrogens is 1. The van der Waals surface area contributed by atoms with Gasteiger partial charge >= 0.3 is 0 Å². The first-order valence-electron chi connectivity index (χ1n) is 5.07. The Morgan fingerprint density at radius 2 is 2.38 bits per heavy atom. The second-order valence-electron chi connectivity index (χ2n) is 3.87. The Hall–Kier alpha value is -1.49. The highest BCUT2D eigenvalue weighted by atomic mass is 19.1. The summed E-state index contributed by atoms with van der Waals surface area (Å²) in [4.78, 5) is 14.9. The van der Waals surface area contributed by atoms with Crippen LogP contribution in [0.25, 0.3) is 0 Å². The molecule has 0 aliphatic heterocycles. The van der Waals surface area contributed by atoms with Crippen molar-refractivity contribution >= 4 is 5.91 Å². The van der Waals surface area contributed by atoms with Crippen molar-refractivity contribution < 1.29 is 14.3 Å². The zero-order valence-corrected chi connectivity index (χ0v) is 9.33. The highest BCUT2D eigenvalue weighted by Crippen LogP contribution is 2.07. The molecule has 2 N–H and O–H groups in total. The van der Waals surface area contributed by atoms with E-state index in [1.807, 2.05) is 0 Å². The minimum absolute atomic E-state index is 0.0800. The van der Waals surface area contributed by atoms with E-state index in [0.29, 0.717) is 6.42 Å². The second kappa shape index (κ2) is 5.03. The van der Waals surface area contributed by atoms with Crippen molar-refractivity contribution in [2.45, 2.75) is 25.9 Å². The van der Waals surface area contributed by atoms with Crippen molar-refractivity contribution in [1.82, 2.24) is 10.3 Å². The van der Waals surface area contributed by atoms with Gasteiger partial charge in [0.15, 0.2) is 0 Å². The molecule has 1 aromatic rings. The van der Waals surface area contributed by atoms with Gasteiger partial charge in [0.05, 0.1) is 11.2 Å². The molecule has 0 aliphatic rings. The van der Waals surface area contributed by atoms with Crippen LogP contribution in [0.15, 0.2) is 18.3 Å². The smallest absolute Gasteiger partial charge is 0.256 e. The topological polar surface area (TPSA) is 62.2 Å². The molecule has 0 spiro atoms. The van der Waals surface area contributed by atoms with Gasteiger partial charge in [-0.15, -0.1) is 0 Å². The molecule has 0 aliphatic carbocycles. The number of nitrogens with zero attached hydrogens (tertiary/aromatic N) is 1. The number of amides is 1. The summed E-state index contributed by atoms with van der Waals surface area (Å²) >= 11 is 0. The number of nitrogens with one attached hydrogen (secondary N) is 1. The number of hydrogen-bond donors (Lipinski definition) is 2. The molecule has 1 heterocycles. The average molecular weight is 226 g/mol. The van der Waals surface area contributed by atoms with E-state index in [-0.39, 0.29) is 12.1 Å². The average Bonchev–Trinajstić information content (AvgIpc) is 2.27. The summed E-state index contributed by atoms with van der Waals surface area (Å²) in [5.74, 6) is -1.38. The Morgan fingerprint density at radius 1 is 1.69 bits per heavy atom. The fourth-order valence-electron chi connectivity index (χ4n) is 1.05. The lowest BCUT2D eigenvalue weighted by molar-refractivity contribution is 0.0517. The summed E-state index contributed by atoms with van der Waals surface area (Å²) in [7, 11) is 0. The van der Waals surface area contributed by atoms with Gasteiger partial charge in [-0.2, -0.15) is 4.39 Å². The molecule has 88 valence electrons. The lowest BCUT2D eigenvalue weighted by Gasteiger charge is -2.21. The van der Waals surface area contributed by atoms with E-state index < -0.39 is 17.5 Å². The van der Waals surface area contributed by atoms with Crippen LogP contribution in [0.2, 0.25) is 0 Å². The van der Waals surface area contributed by atoms with Gasteiger partial charge < -0.3 is 10.4 Å². The SMILES string of the molecule is CCC(C)(O)CNC(=O)c1cccnc1F. The predicted octanol–water partition coefficient (Wildman–Crippen LogP) is 1.11. The predicted molar refractivity (Wildman–Crippen MR) is 57.4 cm³/mol. The Bertz CT molecular complexity index is 380. The van der Waals surface area contributed by atoms with Gasteiger partial charge in [0.25, 0.3) is 5.91 Å². The fraction of sp³-hybridized carbons (Fsp3) is 0.455. The highest BCUT2D eigenvalue weighted by Gasteiger charge is 2.20. The Kier molecular flexibility index (Phi) is 3.95. The molecule has 0 fully saturated rings. The maximum Gasteiger partial charge on any atom is 0.256 e. The molecule has 1 unspecified atom stereocenters. The lowest BCUT2D eigenvalue weighted by Crippen LogP contribution is -2.40. The summed E-state index contributed by atoms with van der Waals surface area (Å²) < 4.78 is 13.1. The van der Waals surface area contributed by atoms with Crippen molar-refractivity contribution in [1.29, 1.82) is 0 Å². The number of rotatable bonds is 4. The first kappa shape index (κ1) is 12.6. The van der Waals surface area contributed by atoms with Gasteiger partial charge in [-0.3, -0.25) is 4.79 Å². The summed E-state index contributed by atoms with van der Waals surface area (Å²) in [6.07, 6.45) is 1.77. The van der Waals surface area contributed by atoms with Crippen LogP contribution in [0, 0.1) is 5.95 Å². The summed E-state index contributed by atoms with van der Waals surface area (Å²) in [6.45, 7) is 3.49. The number of pyridine rings is 1. The first-order valence-corrected chi connectivity index (χ1v) is 5.07. The van der Waals surface area contributed by atoms with Gasteiger partial charge in [-0.1, -0.05) is 6.92 Å². The molecule has 16 heavy (non-hydrogen) atoms. The third kappa shape index (κ3) is 3.27. The van der Waals surface area contributed by atoms with Crippen molar-refractivity contribution in [3.63, 3.8) is 0 Å². The van der Waals surface area contributed by atoms with Crippen LogP contribution >= 0.6 is 0 Å². The Labute approximate surface area is 93.5 Å². The standard InChI is InChI=1S/C11H15FN2O2/c1-3-11(2,16)7-14-10(15)8-5-4-6-13-9(8)12/h4-6,16H,3,7H2,1-2H3,(H,14,15). The van der Waals surface area contributed by atoms with E-state index in [2.05, 4.69) is 10.3 Å². The van der Waals surface area contributed by atoms with Crippen LogP contribution in [0.1, 0.15) is 30.6 Å². The zero-order chi connectivity index (χ0) is 12.2. The minimum Gasteiger partial charge on any atom is -0.388 e. The van der Waals surface area contributed by atoms with E-state index in [0.717, 1.165) is 0 Å². The third-order valence-electron chi connectivity index (χ3n) is 2.40. The molecule has 1 atom stereocenters.